The van der Waals surface area contributed by atoms with Gasteiger partial charge < -0.3 is 14.7 Å². The number of nitrogens with zero attached hydrogens (tertiary/aromatic N) is 4. The van der Waals surface area contributed by atoms with Crippen LogP contribution in [0, 0.1) is 5.92 Å². The maximum atomic E-state index is 13.1. The molecule has 1 atom stereocenters. The molecule has 0 aliphatic carbocycles. The monoisotopic (exact) mass is 324 g/mol. The van der Waals surface area contributed by atoms with Gasteiger partial charge in [-0.2, -0.15) is 0 Å². The van der Waals surface area contributed by atoms with Crippen LogP contribution >= 0.6 is 0 Å². The molecule has 5 heteroatoms. The van der Waals surface area contributed by atoms with Crippen LogP contribution in [0.1, 0.15) is 17.3 Å². The zero-order valence-corrected chi connectivity index (χ0v) is 14.7. The topological polar surface area (TPSA) is 39.7 Å². The van der Waals surface area contributed by atoms with Crippen molar-refractivity contribution in [2.45, 2.75) is 6.92 Å². The fraction of sp³-hybridized carbons (Fsp3) is 0.368. The standard InChI is InChI=1S/C19H24N4O/c1-14-12-22(4)16-7-5-6-8-17(16)23(13-14)19(24)15-9-10-18(20-11-15)21(2)3/h5-11,14H,12-13H2,1-4H3/t14-/m1/s1. The molecule has 0 spiro atoms. The summed E-state index contributed by atoms with van der Waals surface area (Å²) >= 11 is 0. The van der Waals surface area contributed by atoms with Gasteiger partial charge in [-0.1, -0.05) is 19.1 Å². The van der Waals surface area contributed by atoms with Gasteiger partial charge in [-0.25, -0.2) is 4.98 Å². The Morgan fingerprint density at radius 2 is 1.83 bits per heavy atom. The van der Waals surface area contributed by atoms with E-state index in [0.29, 0.717) is 18.0 Å². The van der Waals surface area contributed by atoms with Gasteiger partial charge in [0.15, 0.2) is 0 Å². The molecule has 0 saturated heterocycles. The fourth-order valence-corrected chi connectivity index (χ4v) is 3.17. The SMILES string of the molecule is C[C@@H]1CN(C)c2ccccc2N(C(=O)c2ccc(N(C)C)nc2)C1. The van der Waals surface area contributed by atoms with E-state index in [9.17, 15) is 4.79 Å². The summed E-state index contributed by atoms with van der Waals surface area (Å²) in [6.45, 7) is 3.81. The molecule has 0 unspecified atom stereocenters. The van der Waals surface area contributed by atoms with Gasteiger partial charge in [-0.05, 0) is 30.2 Å². The Kier molecular flexibility index (Phi) is 4.42. The van der Waals surface area contributed by atoms with E-state index in [1.807, 2.05) is 54.2 Å². The number of anilines is 3. The van der Waals surface area contributed by atoms with E-state index < -0.39 is 0 Å². The number of carbonyl (C=O) groups excluding carboxylic acids is 1. The largest absolute Gasteiger partial charge is 0.373 e. The number of hydrogen-bond acceptors (Lipinski definition) is 4. The van der Waals surface area contributed by atoms with E-state index in [4.69, 9.17) is 0 Å². The molecule has 1 aromatic heterocycles. The Labute approximate surface area is 143 Å². The summed E-state index contributed by atoms with van der Waals surface area (Å²) in [4.78, 5) is 23.5. The van der Waals surface area contributed by atoms with Crippen LogP contribution in [0.3, 0.4) is 0 Å². The minimum absolute atomic E-state index is 0.00223. The fourth-order valence-electron chi connectivity index (χ4n) is 3.17. The first kappa shape index (κ1) is 16.3. The van der Waals surface area contributed by atoms with Crippen molar-refractivity contribution in [1.29, 1.82) is 0 Å². The third-order valence-corrected chi connectivity index (χ3v) is 4.36. The third-order valence-electron chi connectivity index (χ3n) is 4.36. The third kappa shape index (κ3) is 3.07. The summed E-state index contributed by atoms with van der Waals surface area (Å²) in [7, 11) is 5.95. The van der Waals surface area contributed by atoms with Crippen molar-refractivity contribution >= 4 is 23.1 Å². The number of amides is 1. The molecule has 5 nitrogen and oxygen atoms in total. The quantitative estimate of drug-likeness (QED) is 0.851. The number of carbonyl (C=O) groups is 1. The summed E-state index contributed by atoms with van der Waals surface area (Å²) in [5, 5.41) is 0. The van der Waals surface area contributed by atoms with Crippen LogP contribution in [0.4, 0.5) is 17.2 Å². The molecular formula is C19H24N4O. The van der Waals surface area contributed by atoms with Crippen LogP contribution in [-0.2, 0) is 0 Å². The van der Waals surface area contributed by atoms with E-state index in [0.717, 1.165) is 23.7 Å². The van der Waals surface area contributed by atoms with Crippen molar-refractivity contribution in [3.05, 3.63) is 48.2 Å². The van der Waals surface area contributed by atoms with Gasteiger partial charge in [-0.15, -0.1) is 0 Å². The Balaban J connectivity index is 1.97. The minimum atomic E-state index is 0.00223. The predicted octanol–water partition coefficient (Wildman–Crippen LogP) is 2.88. The lowest BCUT2D eigenvalue weighted by Crippen LogP contribution is -2.35. The van der Waals surface area contributed by atoms with Gasteiger partial charge in [0.1, 0.15) is 5.82 Å². The molecule has 0 saturated carbocycles. The summed E-state index contributed by atoms with van der Waals surface area (Å²) in [5.41, 5.74) is 2.67. The van der Waals surface area contributed by atoms with Crippen molar-refractivity contribution in [3.8, 4) is 0 Å². The maximum absolute atomic E-state index is 13.1. The first-order chi connectivity index (χ1) is 11.5. The molecule has 0 N–H and O–H groups in total. The van der Waals surface area contributed by atoms with E-state index in [1.54, 1.807) is 6.20 Å². The molecule has 2 aromatic rings. The highest BCUT2D eigenvalue weighted by Gasteiger charge is 2.27. The zero-order valence-electron chi connectivity index (χ0n) is 14.7. The van der Waals surface area contributed by atoms with Crippen LogP contribution in [-0.4, -0.2) is 45.1 Å². The lowest BCUT2D eigenvalue weighted by Gasteiger charge is -2.24. The Hall–Kier alpha value is -2.56. The Bertz CT molecular complexity index is 726. The maximum Gasteiger partial charge on any atom is 0.259 e. The molecule has 24 heavy (non-hydrogen) atoms. The normalized spacial score (nSPS) is 17.2. The minimum Gasteiger partial charge on any atom is -0.373 e. The molecule has 126 valence electrons. The average molecular weight is 324 g/mol. The highest BCUT2D eigenvalue weighted by molar-refractivity contribution is 6.07. The molecule has 3 rings (SSSR count). The Morgan fingerprint density at radius 1 is 1.12 bits per heavy atom. The summed E-state index contributed by atoms with van der Waals surface area (Å²) in [5.74, 6) is 1.23. The zero-order chi connectivity index (χ0) is 17.3. The number of rotatable bonds is 2. The van der Waals surface area contributed by atoms with Gasteiger partial charge in [0.2, 0.25) is 0 Å². The van der Waals surface area contributed by atoms with Gasteiger partial charge in [0.25, 0.3) is 5.91 Å². The highest BCUT2D eigenvalue weighted by atomic mass is 16.2. The molecule has 1 amide bonds. The van der Waals surface area contributed by atoms with Crippen LogP contribution in [0.5, 0.6) is 0 Å². The Morgan fingerprint density at radius 3 is 2.46 bits per heavy atom. The molecule has 1 aromatic carbocycles. The average Bonchev–Trinajstić information content (AvgIpc) is 2.71. The van der Waals surface area contributed by atoms with Crippen LogP contribution in [0.25, 0.3) is 0 Å². The number of benzene rings is 1. The van der Waals surface area contributed by atoms with Crippen molar-refractivity contribution in [1.82, 2.24) is 4.98 Å². The van der Waals surface area contributed by atoms with Gasteiger partial charge in [0, 0.05) is 40.4 Å². The summed E-state index contributed by atoms with van der Waals surface area (Å²) in [6, 6.07) is 11.8. The first-order valence-electron chi connectivity index (χ1n) is 8.23. The van der Waals surface area contributed by atoms with Gasteiger partial charge >= 0.3 is 0 Å². The molecular weight excluding hydrogens is 300 g/mol. The lowest BCUT2D eigenvalue weighted by atomic mass is 10.1. The summed E-state index contributed by atoms with van der Waals surface area (Å²) in [6.07, 6.45) is 1.67. The predicted molar refractivity (Wildman–Crippen MR) is 99.1 cm³/mol. The van der Waals surface area contributed by atoms with Gasteiger partial charge in [0.05, 0.1) is 16.9 Å². The van der Waals surface area contributed by atoms with Crippen LogP contribution in [0.2, 0.25) is 0 Å². The number of aromatic nitrogens is 1. The van der Waals surface area contributed by atoms with Crippen molar-refractivity contribution in [2.75, 3.05) is 48.9 Å². The second-order valence-electron chi connectivity index (χ2n) is 6.69. The molecule has 0 radical (unpaired) electrons. The van der Waals surface area contributed by atoms with Crippen LogP contribution in [0.15, 0.2) is 42.6 Å². The second kappa shape index (κ2) is 6.51. The van der Waals surface area contributed by atoms with E-state index in [2.05, 4.69) is 29.9 Å². The van der Waals surface area contributed by atoms with Gasteiger partial charge in [-0.3, -0.25) is 4.79 Å². The molecule has 1 aliphatic heterocycles. The number of fused-ring (bicyclic) bond motifs is 1. The number of para-hydroxylation sites is 2. The lowest BCUT2D eigenvalue weighted by molar-refractivity contribution is 0.0984. The highest BCUT2D eigenvalue weighted by Crippen LogP contribution is 2.33. The first-order valence-corrected chi connectivity index (χ1v) is 8.23. The summed E-state index contributed by atoms with van der Waals surface area (Å²) < 4.78 is 0. The molecule has 2 heterocycles. The van der Waals surface area contributed by atoms with E-state index in [-0.39, 0.29) is 5.91 Å². The van der Waals surface area contributed by atoms with Crippen molar-refractivity contribution in [2.24, 2.45) is 5.92 Å². The van der Waals surface area contributed by atoms with E-state index >= 15 is 0 Å². The molecule has 0 bridgehead atoms. The van der Waals surface area contributed by atoms with E-state index in [1.165, 1.54) is 0 Å². The smallest absolute Gasteiger partial charge is 0.259 e. The van der Waals surface area contributed by atoms with Crippen molar-refractivity contribution < 1.29 is 4.79 Å². The number of pyridine rings is 1. The number of hydrogen-bond donors (Lipinski definition) is 0. The van der Waals surface area contributed by atoms with Crippen molar-refractivity contribution in [3.63, 3.8) is 0 Å². The van der Waals surface area contributed by atoms with Crippen LogP contribution < -0.4 is 14.7 Å². The second-order valence-corrected chi connectivity index (χ2v) is 6.69. The molecule has 1 aliphatic rings. The molecule has 0 fully saturated rings.